The lowest BCUT2D eigenvalue weighted by atomic mass is 10.1. The number of halogens is 1. The summed E-state index contributed by atoms with van der Waals surface area (Å²) in [5, 5.41) is 12.2. The predicted molar refractivity (Wildman–Crippen MR) is 75.9 cm³/mol. The zero-order chi connectivity index (χ0) is 14.5. The third kappa shape index (κ3) is 3.66. The molecule has 0 aliphatic heterocycles. The van der Waals surface area contributed by atoms with Crippen molar-refractivity contribution >= 4 is 29.2 Å². The van der Waals surface area contributed by atoms with E-state index in [1.165, 1.54) is 12.4 Å². The maximum atomic E-state index is 10.6. The molecule has 0 bridgehead atoms. The summed E-state index contributed by atoms with van der Waals surface area (Å²) in [6, 6.07) is 6.59. The number of hydrogen-bond acceptors (Lipinski definition) is 5. The molecule has 1 heterocycles. The fraction of sp³-hybridized carbons (Fsp3) is 0.154. The van der Waals surface area contributed by atoms with Crippen LogP contribution in [0.25, 0.3) is 0 Å². The third-order valence-corrected chi connectivity index (χ3v) is 2.94. The lowest BCUT2D eigenvalue weighted by Crippen LogP contribution is -2.15. The Bertz CT molecular complexity index is 604. The molecule has 6 nitrogen and oxygen atoms in total. The van der Waals surface area contributed by atoms with Crippen molar-refractivity contribution in [2.24, 2.45) is 5.73 Å². The first-order chi connectivity index (χ1) is 9.56. The van der Waals surface area contributed by atoms with Crippen molar-refractivity contribution in [1.29, 1.82) is 0 Å². The number of para-hydroxylation sites is 1. The van der Waals surface area contributed by atoms with E-state index in [0.717, 1.165) is 0 Å². The van der Waals surface area contributed by atoms with Crippen LogP contribution in [-0.4, -0.2) is 21.0 Å². The maximum absolute atomic E-state index is 10.6. The highest BCUT2D eigenvalue weighted by Crippen LogP contribution is 2.23. The molecule has 2 rings (SSSR count). The Morgan fingerprint density at radius 3 is 2.60 bits per heavy atom. The molecule has 0 aliphatic rings. The Morgan fingerprint density at radius 1 is 1.35 bits per heavy atom. The van der Waals surface area contributed by atoms with Crippen LogP contribution in [0.2, 0.25) is 5.02 Å². The highest BCUT2D eigenvalue weighted by molar-refractivity contribution is 6.33. The fourth-order valence-corrected chi connectivity index (χ4v) is 1.77. The normalized spacial score (nSPS) is 11.9. The van der Waals surface area contributed by atoms with Crippen molar-refractivity contribution in [2.75, 3.05) is 5.32 Å². The van der Waals surface area contributed by atoms with E-state index >= 15 is 0 Å². The second-order valence-electron chi connectivity index (χ2n) is 4.15. The molecule has 20 heavy (non-hydrogen) atoms. The van der Waals surface area contributed by atoms with Gasteiger partial charge in [0.15, 0.2) is 0 Å². The Labute approximate surface area is 120 Å². The van der Waals surface area contributed by atoms with Gasteiger partial charge in [0, 0.05) is 24.0 Å². The number of rotatable bonds is 5. The molecule has 1 atom stereocenters. The summed E-state index contributed by atoms with van der Waals surface area (Å²) in [5.41, 5.74) is 6.98. The number of nitrogens with one attached hydrogen (secondary N) is 1. The van der Waals surface area contributed by atoms with Crippen molar-refractivity contribution < 1.29 is 9.90 Å². The van der Waals surface area contributed by atoms with E-state index in [4.69, 9.17) is 22.4 Å². The summed E-state index contributed by atoms with van der Waals surface area (Å²) in [7, 11) is 0. The average molecular weight is 293 g/mol. The number of carbonyl (C=O) groups is 1. The van der Waals surface area contributed by atoms with Crippen molar-refractivity contribution in [3.63, 3.8) is 0 Å². The first-order valence-corrected chi connectivity index (χ1v) is 6.25. The summed E-state index contributed by atoms with van der Waals surface area (Å²) in [6.45, 7) is 0. The van der Waals surface area contributed by atoms with Crippen LogP contribution in [0.15, 0.2) is 36.7 Å². The van der Waals surface area contributed by atoms with Gasteiger partial charge in [-0.3, -0.25) is 4.79 Å². The predicted octanol–water partition coefficient (Wildman–Crippen LogP) is 2.35. The van der Waals surface area contributed by atoms with Gasteiger partial charge in [0.05, 0.1) is 17.1 Å². The van der Waals surface area contributed by atoms with Crippen molar-refractivity contribution in [2.45, 2.75) is 12.5 Å². The lowest BCUT2D eigenvalue weighted by Gasteiger charge is -2.10. The van der Waals surface area contributed by atoms with E-state index in [9.17, 15) is 4.79 Å². The molecule has 0 radical (unpaired) electrons. The topological polar surface area (TPSA) is 101 Å². The fourth-order valence-electron chi connectivity index (χ4n) is 1.58. The molecule has 0 saturated heterocycles. The Hall–Kier alpha value is -2.18. The molecule has 0 aliphatic carbocycles. The van der Waals surface area contributed by atoms with Gasteiger partial charge in [-0.1, -0.05) is 23.7 Å². The van der Waals surface area contributed by atoms with Crippen molar-refractivity contribution in [3.8, 4) is 0 Å². The zero-order valence-corrected chi connectivity index (χ0v) is 11.2. The van der Waals surface area contributed by atoms with Crippen LogP contribution in [-0.2, 0) is 4.79 Å². The molecule has 0 unspecified atom stereocenters. The van der Waals surface area contributed by atoms with E-state index in [2.05, 4.69) is 15.3 Å². The molecule has 1 aromatic heterocycles. The lowest BCUT2D eigenvalue weighted by molar-refractivity contribution is -0.137. The summed E-state index contributed by atoms with van der Waals surface area (Å²) in [6.07, 6.45) is 2.83. The second kappa shape index (κ2) is 6.31. The molecule has 0 saturated carbocycles. The molecular weight excluding hydrogens is 280 g/mol. The summed E-state index contributed by atoms with van der Waals surface area (Å²) < 4.78 is 0. The summed E-state index contributed by atoms with van der Waals surface area (Å²) >= 11 is 6.01. The van der Waals surface area contributed by atoms with Crippen molar-refractivity contribution in [3.05, 3.63) is 47.2 Å². The van der Waals surface area contributed by atoms with Gasteiger partial charge >= 0.3 is 5.97 Å². The number of anilines is 2. The van der Waals surface area contributed by atoms with Gasteiger partial charge in [0.25, 0.3) is 0 Å². The van der Waals surface area contributed by atoms with E-state index in [1.807, 2.05) is 12.1 Å². The standard InChI is InChI=1S/C13H13ClN4O2/c14-9-3-1-2-4-11(9)18-13-16-6-8(7-17-13)10(15)5-12(19)20/h1-4,6-7,10H,5,15H2,(H,19,20)(H,16,17,18)/t10-/m1/s1. The number of carboxylic acid groups (broad SMARTS) is 1. The SMILES string of the molecule is N[C@H](CC(=O)O)c1cnc(Nc2ccccc2Cl)nc1. The number of aromatic nitrogens is 2. The quantitative estimate of drug-likeness (QED) is 0.782. The van der Waals surface area contributed by atoms with Gasteiger partial charge in [-0.25, -0.2) is 9.97 Å². The van der Waals surface area contributed by atoms with Crippen LogP contribution in [0.1, 0.15) is 18.0 Å². The molecule has 0 amide bonds. The zero-order valence-electron chi connectivity index (χ0n) is 10.5. The summed E-state index contributed by atoms with van der Waals surface area (Å²) in [4.78, 5) is 18.8. The molecule has 2 aromatic rings. The molecule has 7 heteroatoms. The first-order valence-electron chi connectivity index (χ1n) is 5.87. The highest BCUT2D eigenvalue weighted by atomic mass is 35.5. The third-order valence-electron chi connectivity index (χ3n) is 2.61. The molecule has 1 aromatic carbocycles. The molecule has 0 spiro atoms. The van der Waals surface area contributed by atoms with Crippen LogP contribution >= 0.6 is 11.6 Å². The minimum Gasteiger partial charge on any atom is -0.481 e. The van der Waals surface area contributed by atoms with Crippen LogP contribution in [0.4, 0.5) is 11.6 Å². The van der Waals surface area contributed by atoms with Crippen LogP contribution in [0, 0.1) is 0 Å². The number of aliphatic carboxylic acids is 1. The largest absolute Gasteiger partial charge is 0.481 e. The molecule has 104 valence electrons. The van der Waals surface area contributed by atoms with E-state index in [-0.39, 0.29) is 6.42 Å². The minimum absolute atomic E-state index is 0.166. The summed E-state index contributed by atoms with van der Waals surface area (Å²) in [5.74, 6) is -0.597. The molecule has 0 fully saturated rings. The average Bonchev–Trinajstić information content (AvgIpc) is 2.41. The number of carboxylic acids is 1. The number of benzene rings is 1. The number of nitrogens with zero attached hydrogens (tertiary/aromatic N) is 2. The molecular formula is C13H13ClN4O2. The maximum Gasteiger partial charge on any atom is 0.305 e. The Morgan fingerprint density at radius 2 is 2.00 bits per heavy atom. The van der Waals surface area contributed by atoms with E-state index < -0.39 is 12.0 Å². The van der Waals surface area contributed by atoms with Gasteiger partial charge in [0.1, 0.15) is 0 Å². The Kier molecular flexibility index (Phi) is 4.49. The monoisotopic (exact) mass is 292 g/mol. The Balaban J connectivity index is 2.09. The van der Waals surface area contributed by atoms with Gasteiger partial charge in [-0.15, -0.1) is 0 Å². The van der Waals surface area contributed by atoms with Gasteiger partial charge < -0.3 is 16.2 Å². The van der Waals surface area contributed by atoms with Gasteiger partial charge in [-0.05, 0) is 12.1 Å². The second-order valence-corrected chi connectivity index (χ2v) is 4.56. The van der Waals surface area contributed by atoms with Gasteiger partial charge in [-0.2, -0.15) is 0 Å². The highest BCUT2D eigenvalue weighted by Gasteiger charge is 2.11. The van der Waals surface area contributed by atoms with E-state index in [1.54, 1.807) is 12.1 Å². The number of hydrogen-bond donors (Lipinski definition) is 3. The van der Waals surface area contributed by atoms with Gasteiger partial charge in [0.2, 0.25) is 5.95 Å². The van der Waals surface area contributed by atoms with Crippen LogP contribution in [0.3, 0.4) is 0 Å². The smallest absolute Gasteiger partial charge is 0.305 e. The van der Waals surface area contributed by atoms with Crippen molar-refractivity contribution in [1.82, 2.24) is 9.97 Å². The number of nitrogens with two attached hydrogens (primary N) is 1. The van der Waals surface area contributed by atoms with Crippen LogP contribution < -0.4 is 11.1 Å². The van der Waals surface area contributed by atoms with E-state index in [0.29, 0.717) is 22.2 Å². The van der Waals surface area contributed by atoms with Crippen LogP contribution in [0.5, 0.6) is 0 Å². The first kappa shape index (κ1) is 14.2. The molecule has 4 N–H and O–H groups in total. The minimum atomic E-state index is -0.962.